The summed E-state index contributed by atoms with van der Waals surface area (Å²) in [5, 5.41) is 3.40. The fourth-order valence-electron chi connectivity index (χ4n) is 2.77. The lowest BCUT2D eigenvalue weighted by molar-refractivity contribution is -0.116. The van der Waals surface area contributed by atoms with Gasteiger partial charge >= 0.3 is 0 Å². The van der Waals surface area contributed by atoms with Gasteiger partial charge in [-0.3, -0.25) is 14.2 Å². The molecule has 6 heteroatoms. The lowest BCUT2D eigenvalue weighted by Crippen LogP contribution is -2.30. The maximum atomic E-state index is 12.6. The van der Waals surface area contributed by atoms with Gasteiger partial charge in [-0.1, -0.05) is 54.9 Å². The second kappa shape index (κ2) is 8.18. The third-order valence-corrected chi connectivity index (χ3v) is 4.71. The van der Waals surface area contributed by atoms with Gasteiger partial charge in [-0.2, -0.15) is 0 Å². The number of hydrogen-bond acceptors (Lipinski definition) is 3. The van der Waals surface area contributed by atoms with Crippen molar-refractivity contribution in [3.05, 3.63) is 81.2 Å². The molecule has 1 heterocycles. The number of benzene rings is 2. The van der Waals surface area contributed by atoms with E-state index in [1.807, 2.05) is 44.2 Å². The molecule has 0 aliphatic rings. The molecule has 3 rings (SSSR count). The predicted octanol–water partition coefficient (Wildman–Crippen LogP) is 4.07. The first-order chi connectivity index (χ1) is 13.0. The van der Waals surface area contributed by atoms with E-state index in [1.54, 1.807) is 18.2 Å². The molecular weight excluding hydrogens is 362 g/mol. The molecule has 0 aliphatic carbocycles. The summed E-state index contributed by atoms with van der Waals surface area (Å²) in [6.07, 6.45) is 0.643. The molecule has 0 spiro atoms. The maximum absolute atomic E-state index is 12.6. The van der Waals surface area contributed by atoms with Crippen LogP contribution in [-0.4, -0.2) is 15.5 Å². The van der Waals surface area contributed by atoms with Crippen molar-refractivity contribution in [2.45, 2.75) is 26.8 Å². The monoisotopic (exact) mass is 381 g/mol. The fraction of sp³-hybridized carbons (Fsp3) is 0.190. The van der Waals surface area contributed by atoms with Crippen LogP contribution in [0.25, 0.3) is 11.4 Å². The molecular formula is C21H20ClN3O2. The lowest BCUT2D eigenvalue weighted by atomic mass is 10.2. The zero-order chi connectivity index (χ0) is 19.4. The van der Waals surface area contributed by atoms with Crippen molar-refractivity contribution in [1.29, 1.82) is 0 Å². The van der Waals surface area contributed by atoms with Gasteiger partial charge in [0.25, 0.3) is 5.56 Å². The maximum Gasteiger partial charge on any atom is 0.254 e. The van der Waals surface area contributed by atoms with E-state index in [0.717, 1.165) is 11.1 Å². The average molecular weight is 382 g/mol. The molecule has 1 N–H and O–H groups in total. The number of carbonyl (C=O) groups is 1. The standard InChI is InChI=1S/C21H20ClN3O2/c1-3-16-12-20(27)25(21(23-16)15-8-5-4-6-9-15)13-19(26)24-18-11-7-10-17(22)14(18)2/h4-12H,3,13H2,1-2H3,(H,24,26). The van der Waals surface area contributed by atoms with E-state index in [2.05, 4.69) is 10.3 Å². The molecule has 0 atom stereocenters. The van der Waals surface area contributed by atoms with Crippen molar-refractivity contribution in [1.82, 2.24) is 9.55 Å². The Morgan fingerprint density at radius 3 is 2.59 bits per heavy atom. The highest BCUT2D eigenvalue weighted by Gasteiger charge is 2.14. The molecule has 1 aromatic heterocycles. The van der Waals surface area contributed by atoms with Crippen LogP contribution in [0.3, 0.4) is 0 Å². The van der Waals surface area contributed by atoms with E-state index in [0.29, 0.717) is 28.6 Å². The van der Waals surface area contributed by atoms with Gasteiger partial charge in [-0.15, -0.1) is 0 Å². The van der Waals surface area contributed by atoms with Crippen LogP contribution in [0.4, 0.5) is 5.69 Å². The zero-order valence-electron chi connectivity index (χ0n) is 15.2. The Morgan fingerprint density at radius 2 is 1.89 bits per heavy atom. The van der Waals surface area contributed by atoms with E-state index < -0.39 is 0 Å². The van der Waals surface area contributed by atoms with Crippen LogP contribution in [0.5, 0.6) is 0 Å². The van der Waals surface area contributed by atoms with Crippen LogP contribution in [0.2, 0.25) is 5.02 Å². The van der Waals surface area contributed by atoms with Crippen molar-refractivity contribution in [3.8, 4) is 11.4 Å². The molecule has 27 heavy (non-hydrogen) atoms. The Balaban J connectivity index is 1.95. The van der Waals surface area contributed by atoms with Gasteiger partial charge in [0, 0.05) is 28.0 Å². The summed E-state index contributed by atoms with van der Waals surface area (Å²) >= 11 is 6.10. The number of halogens is 1. The Labute approximate surface area is 162 Å². The average Bonchev–Trinajstić information content (AvgIpc) is 2.67. The third kappa shape index (κ3) is 4.26. The van der Waals surface area contributed by atoms with Crippen LogP contribution in [0, 0.1) is 6.92 Å². The number of carbonyl (C=O) groups excluding carboxylic acids is 1. The number of amides is 1. The van der Waals surface area contributed by atoms with Gasteiger partial charge in [0.1, 0.15) is 12.4 Å². The minimum Gasteiger partial charge on any atom is -0.324 e. The van der Waals surface area contributed by atoms with Gasteiger partial charge in [0.2, 0.25) is 5.91 Å². The highest BCUT2D eigenvalue weighted by Crippen LogP contribution is 2.23. The highest BCUT2D eigenvalue weighted by molar-refractivity contribution is 6.31. The van der Waals surface area contributed by atoms with Crippen molar-refractivity contribution < 1.29 is 4.79 Å². The van der Waals surface area contributed by atoms with E-state index >= 15 is 0 Å². The molecule has 0 unspecified atom stereocenters. The van der Waals surface area contributed by atoms with Crippen LogP contribution in [0.1, 0.15) is 18.2 Å². The SMILES string of the molecule is CCc1cc(=O)n(CC(=O)Nc2cccc(Cl)c2C)c(-c2ccccc2)n1. The summed E-state index contributed by atoms with van der Waals surface area (Å²) < 4.78 is 1.39. The summed E-state index contributed by atoms with van der Waals surface area (Å²) in [7, 11) is 0. The Kier molecular flexibility index (Phi) is 5.72. The number of nitrogens with zero attached hydrogens (tertiary/aromatic N) is 2. The first-order valence-electron chi connectivity index (χ1n) is 8.70. The summed E-state index contributed by atoms with van der Waals surface area (Å²) in [5.41, 5.74) is 2.64. The van der Waals surface area contributed by atoms with Crippen molar-refractivity contribution in [2.75, 3.05) is 5.32 Å². The first kappa shape index (κ1) is 18.9. The zero-order valence-corrected chi connectivity index (χ0v) is 16.0. The molecule has 0 bridgehead atoms. The van der Waals surface area contributed by atoms with Crippen LogP contribution in [-0.2, 0) is 17.8 Å². The van der Waals surface area contributed by atoms with E-state index in [-0.39, 0.29) is 18.0 Å². The highest BCUT2D eigenvalue weighted by atomic mass is 35.5. The van der Waals surface area contributed by atoms with Gasteiger partial charge in [0.15, 0.2) is 0 Å². The minimum absolute atomic E-state index is 0.133. The van der Waals surface area contributed by atoms with E-state index in [9.17, 15) is 9.59 Å². The summed E-state index contributed by atoms with van der Waals surface area (Å²) in [6.45, 7) is 3.64. The Hall–Kier alpha value is -2.92. The van der Waals surface area contributed by atoms with Crippen molar-refractivity contribution >= 4 is 23.2 Å². The third-order valence-electron chi connectivity index (χ3n) is 4.30. The molecule has 1 amide bonds. The molecule has 0 saturated carbocycles. The molecule has 138 valence electrons. The molecule has 2 aromatic carbocycles. The lowest BCUT2D eigenvalue weighted by Gasteiger charge is -2.14. The van der Waals surface area contributed by atoms with E-state index in [1.165, 1.54) is 10.6 Å². The number of rotatable bonds is 5. The van der Waals surface area contributed by atoms with Gasteiger partial charge in [-0.05, 0) is 31.0 Å². The largest absolute Gasteiger partial charge is 0.324 e. The smallest absolute Gasteiger partial charge is 0.254 e. The molecule has 0 saturated heterocycles. The van der Waals surface area contributed by atoms with Crippen molar-refractivity contribution in [2.24, 2.45) is 0 Å². The normalized spacial score (nSPS) is 10.6. The minimum atomic E-state index is -0.314. The summed E-state index contributed by atoms with van der Waals surface area (Å²) in [4.78, 5) is 29.8. The summed E-state index contributed by atoms with van der Waals surface area (Å²) in [6, 6.07) is 16.2. The number of anilines is 1. The Morgan fingerprint density at radius 1 is 1.15 bits per heavy atom. The van der Waals surface area contributed by atoms with E-state index in [4.69, 9.17) is 11.6 Å². The van der Waals surface area contributed by atoms with Gasteiger partial charge < -0.3 is 5.32 Å². The van der Waals surface area contributed by atoms with Gasteiger partial charge in [-0.25, -0.2) is 4.98 Å². The first-order valence-corrected chi connectivity index (χ1v) is 9.08. The quantitative estimate of drug-likeness (QED) is 0.724. The Bertz CT molecular complexity index is 1030. The molecule has 3 aromatic rings. The number of hydrogen-bond donors (Lipinski definition) is 1. The molecule has 0 radical (unpaired) electrons. The number of nitrogens with one attached hydrogen (secondary N) is 1. The van der Waals surface area contributed by atoms with Crippen LogP contribution < -0.4 is 10.9 Å². The number of aromatic nitrogens is 2. The topological polar surface area (TPSA) is 64.0 Å². The fourth-order valence-corrected chi connectivity index (χ4v) is 2.95. The summed E-state index contributed by atoms with van der Waals surface area (Å²) in [5.74, 6) is 0.170. The second-order valence-corrected chi connectivity index (χ2v) is 6.58. The van der Waals surface area contributed by atoms with Crippen LogP contribution in [0.15, 0.2) is 59.4 Å². The molecule has 0 aliphatic heterocycles. The second-order valence-electron chi connectivity index (χ2n) is 6.18. The van der Waals surface area contributed by atoms with Gasteiger partial charge in [0.05, 0.1) is 0 Å². The molecule has 0 fully saturated rings. The number of aryl methyl sites for hydroxylation is 1. The predicted molar refractivity (Wildman–Crippen MR) is 108 cm³/mol. The molecule has 5 nitrogen and oxygen atoms in total. The van der Waals surface area contributed by atoms with Crippen molar-refractivity contribution in [3.63, 3.8) is 0 Å². The van der Waals surface area contributed by atoms with Crippen LogP contribution >= 0.6 is 11.6 Å².